The Bertz CT molecular complexity index is 809. The van der Waals surface area contributed by atoms with Crippen LogP contribution in [0.15, 0.2) is 48.5 Å². The van der Waals surface area contributed by atoms with Crippen LogP contribution in [0.5, 0.6) is 0 Å². The van der Waals surface area contributed by atoms with Gasteiger partial charge in [0.2, 0.25) is 5.91 Å². The molecule has 1 fully saturated rings. The van der Waals surface area contributed by atoms with Crippen LogP contribution in [0.1, 0.15) is 35.3 Å². The molecule has 5 nitrogen and oxygen atoms in total. The molecule has 0 aromatic heterocycles. The van der Waals surface area contributed by atoms with E-state index in [1.807, 2.05) is 53.4 Å². The molecule has 0 bridgehead atoms. The zero-order valence-corrected chi connectivity index (χ0v) is 16.8. The number of para-hydroxylation sites is 1. The molecule has 2 aromatic carbocycles. The third-order valence-corrected chi connectivity index (χ3v) is 5.31. The first kappa shape index (κ1) is 20.1. The Labute approximate surface area is 167 Å². The minimum Gasteiger partial charge on any atom is -0.336 e. The minimum absolute atomic E-state index is 0.00386. The van der Waals surface area contributed by atoms with Gasteiger partial charge in [-0.1, -0.05) is 44.2 Å². The predicted molar refractivity (Wildman–Crippen MR) is 113 cm³/mol. The summed E-state index contributed by atoms with van der Waals surface area (Å²) in [5.74, 6) is 0.0689. The normalized spacial score (nSPS) is 14.7. The van der Waals surface area contributed by atoms with Gasteiger partial charge in [-0.2, -0.15) is 0 Å². The van der Waals surface area contributed by atoms with Crippen molar-refractivity contribution in [3.05, 3.63) is 65.2 Å². The molecule has 1 aliphatic rings. The van der Waals surface area contributed by atoms with Crippen molar-refractivity contribution in [1.82, 2.24) is 9.80 Å². The summed E-state index contributed by atoms with van der Waals surface area (Å²) in [5, 5.41) is 3.02. The van der Waals surface area contributed by atoms with Crippen LogP contribution in [0.2, 0.25) is 0 Å². The van der Waals surface area contributed by atoms with E-state index in [2.05, 4.69) is 24.1 Å². The highest BCUT2D eigenvalue weighted by Gasteiger charge is 2.23. The summed E-state index contributed by atoms with van der Waals surface area (Å²) in [6.45, 7) is 7.25. The molecule has 0 aliphatic carbocycles. The van der Waals surface area contributed by atoms with E-state index in [0.717, 1.165) is 29.7 Å². The topological polar surface area (TPSA) is 52.7 Å². The van der Waals surface area contributed by atoms with Crippen LogP contribution in [0.3, 0.4) is 0 Å². The minimum atomic E-state index is -0.00386. The van der Waals surface area contributed by atoms with Crippen molar-refractivity contribution >= 4 is 17.5 Å². The van der Waals surface area contributed by atoms with E-state index < -0.39 is 0 Å². The van der Waals surface area contributed by atoms with Crippen molar-refractivity contribution in [3.8, 4) is 0 Å². The van der Waals surface area contributed by atoms with Gasteiger partial charge in [-0.3, -0.25) is 14.5 Å². The molecule has 0 spiro atoms. The van der Waals surface area contributed by atoms with Gasteiger partial charge in [0.25, 0.3) is 5.91 Å². The van der Waals surface area contributed by atoms with Crippen molar-refractivity contribution in [2.45, 2.75) is 26.7 Å². The second-order valence-electron chi connectivity index (χ2n) is 7.18. The number of nitrogens with zero attached hydrogens (tertiary/aromatic N) is 2. The Balaban J connectivity index is 1.49. The Morgan fingerprint density at radius 2 is 1.57 bits per heavy atom. The Hall–Kier alpha value is -2.66. The largest absolute Gasteiger partial charge is 0.336 e. The van der Waals surface area contributed by atoms with E-state index in [1.165, 1.54) is 5.56 Å². The highest BCUT2D eigenvalue weighted by Crippen LogP contribution is 2.16. The van der Waals surface area contributed by atoms with E-state index in [4.69, 9.17) is 0 Å². The standard InChI is InChI=1S/C23H29N3O2/c1-3-18-9-11-20(12-10-18)23(28)26-15-13-25(14-16-26)17-22(27)24-21-8-6-5-7-19(21)4-2/h5-12H,3-4,13-17H2,1-2H3,(H,24,27). The first-order valence-corrected chi connectivity index (χ1v) is 10.1. The molecule has 0 radical (unpaired) electrons. The van der Waals surface area contributed by atoms with Crippen molar-refractivity contribution < 1.29 is 9.59 Å². The number of aryl methyl sites for hydroxylation is 2. The number of carbonyl (C=O) groups is 2. The maximum absolute atomic E-state index is 12.7. The zero-order valence-electron chi connectivity index (χ0n) is 16.8. The van der Waals surface area contributed by atoms with Crippen molar-refractivity contribution in [1.29, 1.82) is 0 Å². The number of amides is 2. The molecule has 2 amide bonds. The van der Waals surface area contributed by atoms with Gasteiger partial charge in [0, 0.05) is 37.4 Å². The second kappa shape index (κ2) is 9.51. The zero-order chi connectivity index (χ0) is 19.9. The fraction of sp³-hybridized carbons (Fsp3) is 0.391. The van der Waals surface area contributed by atoms with Crippen molar-refractivity contribution in [2.24, 2.45) is 0 Å². The maximum Gasteiger partial charge on any atom is 0.253 e. The van der Waals surface area contributed by atoms with E-state index in [0.29, 0.717) is 32.7 Å². The molecule has 0 unspecified atom stereocenters. The average molecular weight is 380 g/mol. The third kappa shape index (κ3) is 4.98. The number of benzene rings is 2. The van der Waals surface area contributed by atoms with Crippen LogP contribution in [-0.4, -0.2) is 54.3 Å². The highest BCUT2D eigenvalue weighted by atomic mass is 16.2. The summed E-state index contributed by atoms with van der Waals surface area (Å²) >= 11 is 0. The molecule has 0 atom stereocenters. The molecule has 1 saturated heterocycles. The van der Waals surface area contributed by atoms with Gasteiger partial charge in [-0.25, -0.2) is 0 Å². The SMILES string of the molecule is CCc1ccc(C(=O)N2CCN(CC(=O)Nc3ccccc3CC)CC2)cc1. The predicted octanol–water partition coefficient (Wildman–Crippen LogP) is 3.21. The van der Waals surface area contributed by atoms with Crippen LogP contribution >= 0.6 is 0 Å². The van der Waals surface area contributed by atoms with Crippen LogP contribution in [0.4, 0.5) is 5.69 Å². The highest BCUT2D eigenvalue weighted by molar-refractivity contribution is 5.94. The number of carbonyl (C=O) groups excluding carboxylic acids is 2. The summed E-state index contributed by atoms with van der Waals surface area (Å²) in [5.41, 5.74) is 4.00. The van der Waals surface area contributed by atoms with Crippen molar-refractivity contribution in [2.75, 3.05) is 38.0 Å². The lowest BCUT2D eigenvalue weighted by atomic mass is 10.1. The molecule has 1 N–H and O–H groups in total. The van der Waals surface area contributed by atoms with Gasteiger partial charge in [0.05, 0.1) is 6.54 Å². The molecule has 1 aliphatic heterocycles. The molecule has 28 heavy (non-hydrogen) atoms. The second-order valence-corrected chi connectivity index (χ2v) is 7.18. The van der Waals surface area contributed by atoms with Crippen LogP contribution in [0.25, 0.3) is 0 Å². The molecule has 148 valence electrons. The van der Waals surface area contributed by atoms with Gasteiger partial charge in [0.1, 0.15) is 0 Å². The van der Waals surface area contributed by atoms with E-state index in [-0.39, 0.29) is 11.8 Å². The van der Waals surface area contributed by atoms with E-state index in [1.54, 1.807) is 0 Å². The monoisotopic (exact) mass is 379 g/mol. The van der Waals surface area contributed by atoms with Gasteiger partial charge < -0.3 is 10.2 Å². The Morgan fingerprint density at radius 3 is 2.21 bits per heavy atom. The molecular formula is C23H29N3O2. The van der Waals surface area contributed by atoms with Crippen LogP contribution in [-0.2, 0) is 17.6 Å². The molecule has 2 aromatic rings. The average Bonchev–Trinajstić information content (AvgIpc) is 2.74. The quantitative estimate of drug-likeness (QED) is 0.839. The maximum atomic E-state index is 12.7. The van der Waals surface area contributed by atoms with E-state index >= 15 is 0 Å². The summed E-state index contributed by atoms with van der Waals surface area (Å²) in [6.07, 6.45) is 1.86. The summed E-state index contributed by atoms with van der Waals surface area (Å²) in [4.78, 5) is 29.1. The first-order valence-electron chi connectivity index (χ1n) is 10.1. The lowest BCUT2D eigenvalue weighted by Gasteiger charge is -2.34. The van der Waals surface area contributed by atoms with Crippen LogP contribution in [0, 0.1) is 0 Å². The van der Waals surface area contributed by atoms with Crippen molar-refractivity contribution in [3.63, 3.8) is 0 Å². The molecule has 5 heteroatoms. The smallest absolute Gasteiger partial charge is 0.253 e. The molecule has 0 saturated carbocycles. The number of anilines is 1. The fourth-order valence-electron chi connectivity index (χ4n) is 3.52. The Kier molecular flexibility index (Phi) is 6.82. The number of rotatable bonds is 6. The summed E-state index contributed by atoms with van der Waals surface area (Å²) in [7, 11) is 0. The third-order valence-electron chi connectivity index (χ3n) is 5.31. The fourth-order valence-corrected chi connectivity index (χ4v) is 3.52. The number of hydrogen-bond donors (Lipinski definition) is 1. The molecular weight excluding hydrogens is 350 g/mol. The van der Waals surface area contributed by atoms with E-state index in [9.17, 15) is 9.59 Å². The molecule has 1 heterocycles. The lowest BCUT2D eigenvalue weighted by molar-refractivity contribution is -0.117. The van der Waals surface area contributed by atoms with Gasteiger partial charge in [-0.15, -0.1) is 0 Å². The first-order chi connectivity index (χ1) is 13.6. The number of piperazine rings is 1. The van der Waals surface area contributed by atoms with Crippen LogP contribution < -0.4 is 5.32 Å². The van der Waals surface area contributed by atoms with Gasteiger partial charge in [0.15, 0.2) is 0 Å². The number of nitrogens with one attached hydrogen (secondary N) is 1. The Morgan fingerprint density at radius 1 is 0.893 bits per heavy atom. The lowest BCUT2D eigenvalue weighted by Crippen LogP contribution is -2.50. The summed E-state index contributed by atoms with van der Waals surface area (Å²) < 4.78 is 0. The van der Waals surface area contributed by atoms with Gasteiger partial charge in [-0.05, 0) is 42.2 Å². The summed E-state index contributed by atoms with van der Waals surface area (Å²) in [6, 6.07) is 15.7. The van der Waals surface area contributed by atoms with Gasteiger partial charge >= 0.3 is 0 Å². The molecule has 3 rings (SSSR count). The number of hydrogen-bond acceptors (Lipinski definition) is 3.